The van der Waals surface area contributed by atoms with E-state index >= 15 is 0 Å². The maximum Gasteiger partial charge on any atom is 0.414 e. The molecule has 0 spiro atoms. The normalized spacial score (nSPS) is 13.4. The summed E-state index contributed by atoms with van der Waals surface area (Å²) < 4.78 is 36.1. The van der Waals surface area contributed by atoms with Crippen molar-refractivity contribution in [2.75, 3.05) is 0 Å². The topological polar surface area (TPSA) is 37.3 Å². The van der Waals surface area contributed by atoms with Crippen molar-refractivity contribution < 1.29 is 23.1 Å². The molecule has 1 atom stereocenters. The molecule has 2 nitrogen and oxygen atoms in total. The van der Waals surface area contributed by atoms with Gasteiger partial charge in [0.2, 0.25) is 0 Å². The van der Waals surface area contributed by atoms with Crippen LogP contribution in [0.4, 0.5) is 13.2 Å². The number of Topliss-reactive ketones (excluding diaryl/α,β-unsaturated/α-hetero) is 1. The van der Waals surface area contributed by atoms with Crippen molar-refractivity contribution in [3.63, 3.8) is 0 Å². The number of halogens is 3. The molecule has 1 N–H and O–H groups in total. The van der Waals surface area contributed by atoms with Crippen molar-refractivity contribution in [1.29, 1.82) is 0 Å². The van der Waals surface area contributed by atoms with E-state index in [1.54, 1.807) is 0 Å². The molecule has 0 aliphatic carbocycles. The minimum atomic E-state index is -4.69. The molecule has 0 radical (unpaired) electrons. The number of aliphatic hydroxyl groups is 1. The van der Waals surface area contributed by atoms with Gasteiger partial charge in [0, 0.05) is 12.8 Å². The fraction of sp³-hybridized carbons (Fsp3) is 0.933. The molecule has 0 saturated carbocycles. The Morgan fingerprint density at radius 2 is 1.40 bits per heavy atom. The van der Waals surface area contributed by atoms with Gasteiger partial charge < -0.3 is 5.11 Å². The first kappa shape index (κ1) is 19.4. The number of carbonyl (C=O) groups is 1. The number of hydrogen-bond acceptors (Lipinski definition) is 2. The molecular formula is C15H27F3O2. The lowest BCUT2D eigenvalue weighted by atomic mass is 10.0. The summed E-state index contributed by atoms with van der Waals surface area (Å²) in [6, 6.07) is 0. The third-order valence-electron chi connectivity index (χ3n) is 3.36. The number of carbonyl (C=O) groups excluding carboxylic acids is 1. The minimum Gasteiger partial charge on any atom is -0.383 e. The van der Waals surface area contributed by atoms with Gasteiger partial charge in [-0.05, 0) is 6.42 Å². The number of unbranched alkanes of at least 4 members (excludes halogenated alkanes) is 8. The zero-order valence-corrected chi connectivity index (χ0v) is 12.3. The number of rotatable bonds is 12. The highest BCUT2D eigenvalue weighted by atomic mass is 19.4. The van der Waals surface area contributed by atoms with Crippen molar-refractivity contribution in [3.05, 3.63) is 0 Å². The van der Waals surface area contributed by atoms with Gasteiger partial charge in [0.05, 0.1) is 0 Å². The third-order valence-corrected chi connectivity index (χ3v) is 3.36. The van der Waals surface area contributed by atoms with E-state index in [0.29, 0.717) is 6.42 Å². The van der Waals surface area contributed by atoms with Crippen LogP contribution in [0.5, 0.6) is 0 Å². The molecule has 0 amide bonds. The maximum absolute atomic E-state index is 12.0. The van der Waals surface area contributed by atoms with Crippen LogP contribution in [-0.2, 0) is 4.79 Å². The lowest BCUT2D eigenvalue weighted by Gasteiger charge is -2.13. The molecule has 0 fully saturated rings. The van der Waals surface area contributed by atoms with Gasteiger partial charge in [-0.15, -0.1) is 0 Å². The zero-order valence-electron chi connectivity index (χ0n) is 12.3. The van der Waals surface area contributed by atoms with E-state index in [1.807, 2.05) is 0 Å². The van der Waals surface area contributed by atoms with Crippen molar-refractivity contribution >= 4 is 5.78 Å². The fourth-order valence-corrected chi connectivity index (χ4v) is 2.07. The Hall–Kier alpha value is -0.580. The van der Waals surface area contributed by atoms with Gasteiger partial charge in [0.1, 0.15) is 5.78 Å². The second-order valence-corrected chi connectivity index (χ2v) is 5.38. The highest BCUT2D eigenvalue weighted by Gasteiger charge is 2.39. The first-order chi connectivity index (χ1) is 9.38. The predicted molar refractivity (Wildman–Crippen MR) is 73.5 cm³/mol. The molecule has 0 aromatic carbocycles. The van der Waals surface area contributed by atoms with Crippen LogP contribution in [0.2, 0.25) is 0 Å². The summed E-state index contributed by atoms with van der Waals surface area (Å²) in [7, 11) is 0. The standard InChI is InChI=1S/C15H27F3O2/c1-2-3-4-5-6-7-8-9-10-11-13(19)12-14(20)15(16,17)18/h14,20H,2-12H2,1H3. The molecule has 0 heterocycles. The highest BCUT2D eigenvalue weighted by molar-refractivity contribution is 5.78. The average molecular weight is 296 g/mol. The van der Waals surface area contributed by atoms with Crippen molar-refractivity contribution in [2.24, 2.45) is 0 Å². The minimum absolute atomic E-state index is 0.142. The summed E-state index contributed by atoms with van der Waals surface area (Å²) in [4.78, 5) is 11.2. The molecule has 0 aromatic rings. The van der Waals surface area contributed by atoms with E-state index in [0.717, 1.165) is 19.3 Å². The van der Waals surface area contributed by atoms with Crippen LogP contribution in [0.15, 0.2) is 0 Å². The average Bonchev–Trinajstić information content (AvgIpc) is 2.35. The molecule has 120 valence electrons. The van der Waals surface area contributed by atoms with Crippen molar-refractivity contribution in [3.8, 4) is 0 Å². The molecule has 1 unspecified atom stereocenters. The number of ketones is 1. The van der Waals surface area contributed by atoms with Crippen LogP contribution in [0.3, 0.4) is 0 Å². The summed E-state index contributed by atoms with van der Waals surface area (Å²) in [5, 5.41) is 8.75. The lowest BCUT2D eigenvalue weighted by molar-refractivity contribution is -0.205. The monoisotopic (exact) mass is 296 g/mol. The van der Waals surface area contributed by atoms with Crippen LogP contribution < -0.4 is 0 Å². The van der Waals surface area contributed by atoms with Crippen LogP contribution >= 0.6 is 0 Å². The number of aliphatic hydroxyl groups excluding tert-OH is 1. The molecule has 0 aliphatic heterocycles. The Balaban J connectivity index is 3.40. The molecule has 20 heavy (non-hydrogen) atoms. The molecular weight excluding hydrogens is 269 g/mol. The van der Waals surface area contributed by atoms with E-state index < -0.39 is 24.5 Å². The Morgan fingerprint density at radius 1 is 0.950 bits per heavy atom. The fourth-order valence-electron chi connectivity index (χ4n) is 2.07. The first-order valence-corrected chi connectivity index (χ1v) is 7.64. The molecule has 0 aromatic heterocycles. The van der Waals surface area contributed by atoms with Gasteiger partial charge in [-0.2, -0.15) is 13.2 Å². The second kappa shape index (κ2) is 11.1. The van der Waals surface area contributed by atoms with E-state index in [-0.39, 0.29) is 6.42 Å². The first-order valence-electron chi connectivity index (χ1n) is 7.64. The van der Waals surface area contributed by atoms with Gasteiger partial charge >= 0.3 is 6.18 Å². The summed E-state index contributed by atoms with van der Waals surface area (Å²) in [6.07, 6.45) is 2.01. The van der Waals surface area contributed by atoms with Gasteiger partial charge in [0.15, 0.2) is 6.10 Å². The van der Waals surface area contributed by atoms with Gasteiger partial charge in [-0.1, -0.05) is 58.3 Å². The zero-order chi connectivity index (χ0) is 15.4. The highest BCUT2D eigenvalue weighted by Crippen LogP contribution is 2.23. The molecule has 5 heteroatoms. The summed E-state index contributed by atoms with van der Waals surface area (Å²) in [5.41, 5.74) is 0. The van der Waals surface area contributed by atoms with E-state index in [1.165, 1.54) is 32.1 Å². The molecule has 0 bridgehead atoms. The molecule has 0 rings (SSSR count). The summed E-state index contributed by atoms with van der Waals surface area (Å²) >= 11 is 0. The molecule has 0 saturated heterocycles. The Kier molecular flexibility index (Phi) is 10.8. The van der Waals surface area contributed by atoms with Gasteiger partial charge in [-0.25, -0.2) is 0 Å². The van der Waals surface area contributed by atoms with E-state index in [2.05, 4.69) is 6.92 Å². The summed E-state index contributed by atoms with van der Waals surface area (Å²) in [5.74, 6) is -0.502. The molecule has 0 aliphatic rings. The largest absolute Gasteiger partial charge is 0.414 e. The smallest absolute Gasteiger partial charge is 0.383 e. The predicted octanol–water partition coefficient (Wildman–Crippen LogP) is 4.79. The Labute approximate surface area is 119 Å². The van der Waals surface area contributed by atoms with E-state index in [4.69, 9.17) is 5.11 Å². The van der Waals surface area contributed by atoms with E-state index in [9.17, 15) is 18.0 Å². The third kappa shape index (κ3) is 11.3. The number of alkyl halides is 3. The van der Waals surface area contributed by atoms with Crippen LogP contribution in [0, 0.1) is 0 Å². The van der Waals surface area contributed by atoms with Crippen LogP contribution in [0.1, 0.15) is 77.6 Å². The Morgan fingerprint density at radius 3 is 1.85 bits per heavy atom. The maximum atomic E-state index is 12.0. The van der Waals surface area contributed by atoms with Crippen molar-refractivity contribution in [2.45, 2.75) is 89.8 Å². The lowest BCUT2D eigenvalue weighted by Crippen LogP contribution is -2.30. The van der Waals surface area contributed by atoms with Gasteiger partial charge in [0.25, 0.3) is 0 Å². The second-order valence-electron chi connectivity index (χ2n) is 5.38. The SMILES string of the molecule is CCCCCCCCCCCC(=O)CC(O)C(F)(F)F. The van der Waals surface area contributed by atoms with Crippen LogP contribution in [0.25, 0.3) is 0 Å². The Bertz CT molecular complexity index is 252. The number of hydrogen-bond donors (Lipinski definition) is 1. The van der Waals surface area contributed by atoms with Gasteiger partial charge in [-0.3, -0.25) is 4.79 Å². The summed E-state index contributed by atoms with van der Waals surface area (Å²) in [6.45, 7) is 2.17. The quantitative estimate of drug-likeness (QED) is 0.526. The van der Waals surface area contributed by atoms with Crippen LogP contribution in [-0.4, -0.2) is 23.2 Å². The van der Waals surface area contributed by atoms with Crippen molar-refractivity contribution in [1.82, 2.24) is 0 Å².